The Balaban J connectivity index is 3.14. The average molecular weight is 359 g/mol. The third kappa shape index (κ3) is 15.4. The Morgan fingerprint density at radius 2 is 1.00 bits per heavy atom. The third-order valence-corrected chi connectivity index (χ3v) is 5.39. The number of rotatable bonds is 18. The van der Waals surface area contributed by atoms with Gasteiger partial charge in [-0.15, -0.1) is 0 Å². The van der Waals surface area contributed by atoms with Gasteiger partial charge in [0.15, 0.2) is 0 Å². The van der Waals surface area contributed by atoms with Crippen LogP contribution in [0.3, 0.4) is 0 Å². The van der Waals surface area contributed by atoms with Crippen LogP contribution in [0.1, 0.15) is 123 Å². The third-order valence-electron chi connectivity index (χ3n) is 4.98. The summed E-state index contributed by atoms with van der Waals surface area (Å²) in [5, 5.41) is 8.99. The van der Waals surface area contributed by atoms with Crippen molar-refractivity contribution in [3.63, 3.8) is 0 Å². The largest absolute Gasteiger partial charge is 0.480 e. The maximum absolute atomic E-state index is 10.9. The van der Waals surface area contributed by atoms with Crippen LogP contribution in [0.25, 0.3) is 0 Å². The fourth-order valence-corrected chi connectivity index (χ4v) is 3.28. The lowest BCUT2D eigenvalue weighted by Crippen LogP contribution is -2.28. The molecule has 0 fully saturated rings. The van der Waals surface area contributed by atoms with Gasteiger partial charge in [-0.25, -0.2) is 0 Å². The average Bonchev–Trinajstić information content (AvgIpc) is 2.54. The maximum atomic E-state index is 10.9. The smallest absolute Gasteiger partial charge is 0.319 e. The summed E-state index contributed by atoms with van der Waals surface area (Å²) >= 11 is 4.21. The van der Waals surface area contributed by atoms with Gasteiger partial charge in [0.1, 0.15) is 4.75 Å². The van der Waals surface area contributed by atoms with Crippen LogP contribution in [0.4, 0.5) is 0 Å². The van der Waals surface area contributed by atoms with Crippen molar-refractivity contribution in [2.24, 2.45) is 0 Å². The van der Waals surface area contributed by atoms with Gasteiger partial charge in [0.2, 0.25) is 0 Å². The molecule has 0 aromatic heterocycles. The second-order valence-corrected chi connectivity index (χ2v) is 8.62. The predicted octanol–water partition coefficient (Wildman–Crippen LogP) is 7.41. The van der Waals surface area contributed by atoms with Gasteiger partial charge in [-0.05, 0) is 13.3 Å². The van der Waals surface area contributed by atoms with E-state index in [9.17, 15) is 4.79 Å². The lowest BCUT2D eigenvalue weighted by molar-refractivity contribution is -0.139. The van der Waals surface area contributed by atoms with E-state index in [1.54, 1.807) is 6.92 Å². The molecule has 0 bridgehead atoms. The van der Waals surface area contributed by atoms with Crippen LogP contribution in [0.2, 0.25) is 0 Å². The Kier molecular flexibility index (Phi) is 16.2. The number of aliphatic carboxylic acids is 1. The second kappa shape index (κ2) is 16.3. The molecule has 0 rings (SSSR count). The maximum Gasteiger partial charge on any atom is 0.319 e. The first kappa shape index (κ1) is 23.8. The number of hydrogen-bond donors (Lipinski definition) is 2. The van der Waals surface area contributed by atoms with Crippen molar-refractivity contribution in [2.75, 3.05) is 0 Å². The van der Waals surface area contributed by atoms with Gasteiger partial charge in [-0.2, -0.15) is 12.6 Å². The summed E-state index contributed by atoms with van der Waals surface area (Å²) in [6.07, 6.45) is 22.2. The minimum absolute atomic E-state index is 0.671. The van der Waals surface area contributed by atoms with E-state index in [4.69, 9.17) is 5.11 Å². The minimum Gasteiger partial charge on any atom is -0.480 e. The summed E-state index contributed by atoms with van der Waals surface area (Å²) in [6, 6.07) is 0. The monoisotopic (exact) mass is 358 g/mol. The second-order valence-electron chi connectivity index (χ2n) is 7.63. The van der Waals surface area contributed by atoms with Gasteiger partial charge < -0.3 is 5.11 Å². The molecule has 0 heterocycles. The highest BCUT2D eigenvalue weighted by Gasteiger charge is 2.27. The summed E-state index contributed by atoms with van der Waals surface area (Å²) in [4.78, 5) is 10.9. The molecule has 0 aromatic carbocycles. The number of carboxylic acid groups (broad SMARTS) is 1. The van der Waals surface area contributed by atoms with Crippen molar-refractivity contribution in [3.05, 3.63) is 0 Å². The molecule has 144 valence electrons. The van der Waals surface area contributed by atoms with E-state index in [1.165, 1.54) is 89.9 Å². The molecular weight excluding hydrogens is 316 g/mol. The Labute approximate surface area is 156 Å². The van der Waals surface area contributed by atoms with E-state index in [0.29, 0.717) is 6.42 Å². The van der Waals surface area contributed by atoms with Gasteiger partial charge in [-0.3, -0.25) is 4.79 Å². The lowest BCUT2D eigenvalue weighted by atomic mass is 10.0. The number of hydrogen-bond acceptors (Lipinski definition) is 2. The van der Waals surface area contributed by atoms with Gasteiger partial charge in [0.05, 0.1) is 0 Å². The highest BCUT2D eigenvalue weighted by molar-refractivity contribution is 7.82. The van der Waals surface area contributed by atoms with Crippen LogP contribution in [0.15, 0.2) is 0 Å². The highest BCUT2D eigenvalue weighted by Crippen LogP contribution is 2.22. The van der Waals surface area contributed by atoms with Gasteiger partial charge in [-0.1, -0.05) is 110 Å². The molecule has 3 heteroatoms. The Morgan fingerprint density at radius 1 is 0.708 bits per heavy atom. The fourth-order valence-electron chi connectivity index (χ4n) is 3.12. The van der Waals surface area contributed by atoms with Crippen LogP contribution in [-0.4, -0.2) is 15.8 Å². The van der Waals surface area contributed by atoms with Crippen molar-refractivity contribution in [3.8, 4) is 0 Å². The quantitative estimate of drug-likeness (QED) is 0.198. The SMILES string of the molecule is CCCCCCCCCCCCCCCCCCC(C)(S)C(=O)O. The minimum atomic E-state index is -0.851. The fraction of sp³-hybridized carbons (Fsp3) is 0.952. The van der Waals surface area contributed by atoms with Crippen LogP contribution >= 0.6 is 12.6 Å². The number of carbonyl (C=O) groups is 1. The molecule has 24 heavy (non-hydrogen) atoms. The van der Waals surface area contributed by atoms with E-state index >= 15 is 0 Å². The molecule has 1 atom stereocenters. The highest BCUT2D eigenvalue weighted by atomic mass is 32.1. The van der Waals surface area contributed by atoms with Crippen molar-refractivity contribution in [2.45, 2.75) is 128 Å². The molecule has 2 nitrogen and oxygen atoms in total. The van der Waals surface area contributed by atoms with Crippen LogP contribution in [0.5, 0.6) is 0 Å². The van der Waals surface area contributed by atoms with Crippen molar-refractivity contribution >= 4 is 18.6 Å². The molecule has 0 aromatic rings. The van der Waals surface area contributed by atoms with Crippen molar-refractivity contribution in [1.82, 2.24) is 0 Å². The van der Waals surface area contributed by atoms with E-state index < -0.39 is 10.7 Å². The zero-order chi connectivity index (χ0) is 18.1. The van der Waals surface area contributed by atoms with E-state index in [-0.39, 0.29) is 0 Å². The van der Waals surface area contributed by atoms with Gasteiger partial charge in [0, 0.05) is 0 Å². The zero-order valence-corrected chi connectivity index (χ0v) is 17.2. The van der Waals surface area contributed by atoms with E-state index in [0.717, 1.165) is 12.8 Å². The molecule has 0 aliphatic rings. The zero-order valence-electron chi connectivity index (χ0n) is 16.3. The summed E-state index contributed by atoms with van der Waals surface area (Å²) in [5.41, 5.74) is 0. The molecule has 0 radical (unpaired) electrons. The number of thiol groups is 1. The van der Waals surface area contributed by atoms with Crippen LogP contribution < -0.4 is 0 Å². The molecule has 0 aliphatic carbocycles. The lowest BCUT2D eigenvalue weighted by Gasteiger charge is -2.17. The molecular formula is C21H42O2S. The Bertz CT molecular complexity index is 290. The van der Waals surface area contributed by atoms with E-state index in [2.05, 4.69) is 19.6 Å². The standard InChI is InChI=1S/C21H42O2S/c1-3-4-5-6-7-8-9-10-11-12-13-14-15-16-17-18-19-21(2,24)20(22)23/h24H,3-19H2,1-2H3,(H,22,23). The first-order chi connectivity index (χ1) is 11.5. The predicted molar refractivity (Wildman–Crippen MR) is 109 cm³/mol. The summed E-state index contributed by atoms with van der Waals surface area (Å²) < 4.78 is -0.851. The molecule has 0 aliphatic heterocycles. The molecule has 1 N–H and O–H groups in total. The van der Waals surface area contributed by atoms with E-state index in [1.807, 2.05) is 0 Å². The van der Waals surface area contributed by atoms with Gasteiger partial charge >= 0.3 is 5.97 Å². The Hall–Kier alpha value is -0.180. The number of carboxylic acids is 1. The van der Waals surface area contributed by atoms with Crippen LogP contribution in [0, 0.1) is 0 Å². The van der Waals surface area contributed by atoms with Gasteiger partial charge in [0.25, 0.3) is 0 Å². The molecule has 0 saturated heterocycles. The first-order valence-electron chi connectivity index (χ1n) is 10.5. The van der Waals surface area contributed by atoms with Crippen molar-refractivity contribution in [1.29, 1.82) is 0 Å². The normalized spacial score (nSPS) is 13.8. The molecule has 0 spiro atoms. The first-order valence-corrected chi connectivity index (χ1v) is 10.9. The summed E-state index contributed by atoms with van der Waals surface area (Å²) in [6.45, 7) is 3.97. The topological polar surface area (TPSA) is 37.3 Å². The van der Waals surface area contributed by atoms with Crippen molar-refractivity contribution < 1.29 is 9.90 Å². The summed E-state index contributed by atoms with van der Waals surface area (Å²) in [7, 11) is 0. The summed E-state index contributed by atoms with van der Waals surface area (Å²) in [5.74, 6) is -0.799. The molecule has 0 amide bonds. The van der Waals surface area contributed by atoms with Crippen LogP contribution in [-0.2, 0) is 4.79 Å². The Morgan fingerprint density at radius 3 is 1.29 bits per heavy atom. The number of unbranched alkanes of at least 4 members (excludes halogenated alkanes) is 15. The molecule has 0 saturated carbocycles. The molecule has 1 unspecified atom stereocenters.